The van der Waals surface area contributed by atoms with E-state index < -0.39 is 11.2 Å². The molecule has 0 saturated heterocycles. The number of thiophene rings is 1. The molecule has 3 heterocycles. The Morgan fingerprint density at radius 2 is 2.20 bits per heavy atom. The third kappa shape index (κ3) is 3.59. The quantitative estimate of drug-likeness (QED) is 0.637. The number of thioether (sulfide) groups is 1. The van der Waals surface area contributed by atoms with Crippen LogP contribution in [0.3, 0.4) is 0 Å². The number of nitrogens with two attached hydrogens (primary N) is 1. The molecule has 3 aromatic rings. The second-order valence-corrected chi connectivity index (χ2v) is 7.34. The van der Waals surface area contributed by atoms with Crippen LogP contribution in [0.5, 0.6) is 0 Å². The number of hydrogen-bond acceptors (Lipinski definition) is 7. The molecule has 0 saturated carbocycles. The fourth-order valence-electron chi connectivity index (χ4n) is 2.06. The molecule has 0 aliphatic rings. The number of primary amides is 1. The van der Waals surface area contributed by atoms with Crippen molar-refractivity contribution >= 4 is 39.9 Å². The number of anilines is 1. The summed E-state index contributed by atoms with van der Waals surface area (Å²) >= 11 is 2.50. The lowest BCUT2D eigenvalue weighted by atomic mass is 10.3. The first-order valence-corrected chi connectivity index (χ1v) is 9.01. The lowest BCUT2D eigenvalue weighted by Gasteiger charge is -2.11. The van der Waals surface area contributed by atoms with Gasteiger partial charge in [0.05, 0.1) is 17.1 Å². The van der Waals surface area contributed by atoms with Crippen LogP contribution >= 0.6 is 23.1 Å². The molecule has 3 N–H and O–H groups in total. The Morgan fingerprint density at radius 3 is 2.88 bits per heavy atom. The summed E-state index contributed by atoms with van der Waals surface area (Å²) in [6, 6.07) is 5.14. The summed E-state index contributed by atoms with van der Waals surface area (Å²) in [6.07, 6.45) is 1.56. The van der Waals surface area contributed by atoms with Crippen LogP contribution in [0.2, 0.25) is 0 Å². The lowest BCUT2D eigenvalue weighted by molar-refractivity contribution is -0.115. The normalized spacial score (nSPS) is 12.1. The molecule has 0 bridgehead atoms. The number of rotatable bonds is 6. The topological polar surface area (TPSA) is 116 Å². The second kappa shape index (κ2) is 7.11. The third-order valence-corrected chi connectivity index (χ3v) is 5.36. The highest BCUT2D eigenvalue weighted by atomic mass is 32.2. The van der Waals surface area contributed by atoms with Crippen LogP contribution in [0.1, 0.15) is 17.3 Å². The predicted octanol–water partition coefficient (Wildman–Crippen LogP) is 2.35. The standard InChI is InChI=1S/C15H15N5O3S2/c1-8(13(22)17-14-9(11(16)21)5-7-24-14)25-15-19-18-12(20(15)2)10-4-3-6-23-10/h3-8H,1-2H3,(H2,16,21)(H,17,22)/t8-/m0/s1. The number of nitrogens with zero attached hydrogens (tertiary/aromatic N) is 3. The van der Waals surface area contributed by atoms with E-state index in [4.69, 9.17) is 10.2 Å². The Hall–Kier alpha value is -2.59. The molecule has 0 radical (unpaired) electrons. The van der Waals surface area contributed by atoms with Crippen LogP contribution < -0.4 is 11.1 Å². The molecule has 0 fully saturated rings. The van der Waals surface area contributed by atoms with Gasteiger partial charge < -0.3 is 20.0 Å². The van der Waals surface area contributed by atoms with Crippen molar-refractivity contribution < 1.29 is 14.0 Å². The van der Waals surface area contributed by atoms with Gasteiger partial charge in [0.1, 0.15) is 5.00 Å². The minimum Gasteiger partial charge on any atom is -0.461 e. The van der Waals surface area contributed by atoms with Crippen molar-refractivity contribution in [2.45, 2.75) is 17.3 Å². The van der Waals surface area contributed by atoms with Gasteiger partial charge in [-0.2, -0.15) is 0 Å². The molecule has 0 spiro atoms. The van der Waals surface area contributed by atoms with E-state index in [-0.39, 0.29) is 5.91 Å². The van der Waals surface area contributed by atoms with Crippen LogP contribution in [-0.4, -0.2) is 31.8 Å². The van der Waals surface area contributed by atoms with E-state index in [1.807, 2.05) is 0 Å². The fourth-order valence-corrected chi connectivity index (χ4v) is 3.67. The van der Waals surface area contributed by atoms with Crippen LogP contribution in [-0.2, 0) is 11.8 Å². The minimum absolute atomic E-state index is 0.252. The van der Waals surface area contributed by atoms with Crippen molar-refractivity contribution in [2.24, 2.45) is 12.8 Å². The number of amides is 2. The summed E-state index contributed by atoms with van der Waals surface area (Å²) in [5.41, 5.74) is 5.58. The third-order valence-electron chi connectivity index (χ3n) is 3.40. The van der Waals surface area contributed by atoms with Gasteiger partial charge in [-0.15, -0.1) is 21.5 Å². The molecule has 0 aliphatic heterocycles. The number of furan rings is 1. The first-order valence-electron chi connectivity index (χ1n) is 7.25. The van der Waals surface area contributed by atoms with Crippen LogP contribution in [0.4, 0.5) is 5.00 Å². The van der Waals surface area contributed by atoms with Crippen molar-refractivity contribution in [3.63, 3.8) is 0 Å². The molecule has 3 rings (SSSR count). The van der Waals surface area contributed by atoms with Crippen LogP contribution in [0, 0.1) is 0 Å². The second-order valence-electron chi connectivity index (χ2n) is 5.12. The fraction of sp³-hybridized carbons (Fsp3) is 0.200. The highest BCUT2D eigenvalue weighted by molar-refractivity contribution is 8.00. The zero-order chi connectivity index (χ0) is 18.0. The number of nitrogens with one attached hydrogen (secondary N) is 1. The molecule has 0 unspecified atom stereocenters. The molecule has 0 aromatic carbocycles. The molecule has 3 aromatic heterocycles. The molecule has 2 amide bonds. The molecular formula is C15H15N5O3S2. The maximum Gasteiger partial charge on any atom is 0.251 e. The van der Waals surface area contributed by atoms with Gasteiger partial charge in [-0.3, -0.25) is 9.59 Å². The Labute approximate surface area is 151 Å². The average Bonchev–Trinajstić information content (AvgIpc) is 3.29. The summed E-state index contributed by atoms with van der Waals surface area (Å²) in [4.78, 5) is 23.7. The van der Waals surface area contributed by atoms with Gasteiger partial charge in [0.15, 0.2) is 16.7 Å². The highest BCUT2D eigenvalue weighted by Gasteiger charge is 2.22. The molecule has 130 valence electrons. The Bertz CT molecular complexity index is 900. The number of aromatic nitrogens is 3. The largest absolute Gasteiger partial charge is 0.461 e. The van der Waals surface area contributed by atoms with E-state index in [1.165, 1.54) is 23.1 Å². The molecule has 8 nitrogen and oxygen atoms in total. The van der Waals surface area contributed by atoms with Gasteiger partial charge >= 0.3 is 0 Å². The van der Waals surface area contributed by atoms with Crippen LogP contribution in [0.25, 0.3) is 11.6 Å². The monoisotopic (exact) mass is 377 g/mol. The molecular weight excluding hydrogens is 362 g/mol. The SMILES string of the molecule is C[C@H](Sc1nnc(-c2ccco2)n1C)C(=O)Nc1sccc1C(N)=O. The Kier molecular flexibility index (Phi) is 4.91. The van der Waals surface area contributed by atoms with E-state index in [1.54, 1.807) is 48.4 Å². The maximum atomic E-state index is 12.4. The highest BCUT2D eigenvalue weighted by Crippen LogP contribution is 2.28. The summed E-state index contributed by atoms with van der Waals surface area (Å²) in [7, 11) is 1.80. The predicted molar refractivity (Wildman–Crippen MR) is 95.5 cm³/mol. The summed E-state index contributed by atoms with van der Waals surface area (Å²) in [6.45, 7) is 1.75. The van der Waals surface area contributed by atoms with Crippen molar-refractivity contribution in [1.29, 1.82) is 0 Å². The summed E-state index contributed by atoms with van der Waals surface area (Å²) in [5, 5.41) is 13.2. The Balaban J connectivity index is 1.70. The van der Waals surface area contributed by atoms with Gasteiger partial charge in [-0.25, -0.2) is 0 Å². The van der Waals surface area contributed by atoms with Crippen molar-refractivity contribution in [2.75, 3.05) is 5.32 Å². The van der Waals surface area contributed by atoms with Gasteiger partial charge in [0.2, 0.25) is 5.91 Å². The van der Waals surface area contributed by atoms with Gasteiger partial charge in [0.25, 0.3) is 5.91 Å². The van der Waals surface area contributed by atoms with Crippen LogP contribution in [0.15, 0.2) is 39.4 Å². The van der Waals surface area contributed by atoms with E-state index in [9.17, 15) is 9.59 Å². The summed E-state index contributed by atoms with van der Waals surface area (Å²) in [5.74, 6) is 0.351. The molecule has 25 heavy (non-hydrogen) atoms. The number of hydrogen-bond donors (Lipinski definition) is 2. The molecule has 1 atom stereocenters. The first-order chi connectivity index (χ1) is 12.0. The number of carbonyl (C=O) groups is 2. The molecule has 0 aliphatic carbocycles. The zero-order valence-corrected chi connectivity index (χ0v) is 15.1. The van der Waals surface area contributed by atoms with E-state index in [0.29, 0.717) is 27.3 Å². The van der Waals surface area contributed by atoms with Crippen molar-refractivity contribution in [1.82, 2.24) is 14.8 Å². The van der Waals surface area contributed by atoms with Gasteiger partial charge in [0, 0.05) is 7.05 Å². The average molecular weight is 377 g/mol. The summed E-state index contributed by atoms with van der Waals surface area (Å²) < 4.78 is 7.07. The minimum atomic E-state index is -0.576. The Morgan fingerprint density at radius 1 is 1.40 bits per heavy atom. The van der Waals surface area contributed by atoms with E-state index in [2.05, 4.69) is 15.5 Å². The molecule has 10 heteroatoms. The lowest BCUT2D eigenvalue weighted by Crippen LogP contribution is -2.24. The first kappa shape index (κ1) is 17.2. The number of carbonyl (C=O) groups excluding carboxylic acids is 2. The smallest absolute Gasteiger partial charge is 0.251 e. The van der Waals surface area contributed by atoms with Crippen molar-refractivity contribution in [3.8, 4) is 11.6 Å². The van der Waals surface area contributed by atoms with E-state index >= 15 is 0 Å². The van der Waals surface area contributed by atoms with Gasteiger partial charge in [-0.05, 0) is 30.5 Å². The maximum absolute atomic E-state index is 12.4. The van der Waals surface area contributed by atoms with Crippen molar-refractivity contribution in [3.05, 3.63) is 35.4 Å². The van der Waals surface area contributed by atoms with Gasteiger partial charge in [-0.1, -0.05) is 11.8 Å². The zero-order valence-electron chi connectivity index (χ0n) is 13.4. The van der Waals surface area contributed by atoms with E-state index in [0.717, 1.165) is 0 Å².